The number of hydrogen-bond acceptors (Lipinski definition) is 0. The van der Waals surface area contributed by atoms with Gasteiger partial charge in [-0.2, -0.15) is 0 Å². The van der Waals surface area contributed by atoms with Crippen LogP contribution < -0.4 is 24.8 Å². The first-order valence-electron chi connectivity index (χ1n) is 12.5. The molecule has 0 aliphatic heterocycles. The van der Waals surface area contributed by atoms with Gasteiger partial charge in [0.25, 0.3) is 0 Å². The zero-order valence-corrected chi connectivity index (χ0v) is 25.9. The smallest absolute Gasteiger partial charge is 1.00 e. The molecule has 0 N–H and O–H groups in total. The largest absolute Gasteiger partial charge is 2.00 e. The van der Waals surface area contributed by atoms with E-state index >= 15 is 0 Å². The van der Waals surface area contributed by atoms with E-state index in [0.29, 0.717) is 5.92 Å². The SMILES string of the molecule is CC1C=C(C(C)(C)C)C=C1c1ccc2c(c1Cc1cccc3ccccc13)Cc1ccccc1-2.[Cl-].[Cl-].[Zr+2]. The standard InChI is InChI=1S/C34H32.2ClH.Zr/c1-22-18-26(34(2,3)4)21-31(22)30-17-16-29-28-15-8-6-11-25(28)20-32(29)33(30)19-24-13-9-12-23-10-5-7-14-27(23)24;;;/h5-18,21-22H,19-20H2,1-4H3;2*1H;/q;;;+2/p-2. The molecule has 0 nitrogen and oxygen atoms in total. The molecule has 0 radical (unpaired) electrons. The van der Waals surface area contributed by atoms with Crippen molar-refractivity contribution in [3.8, 4) is 11.1 Å². The Morgan fingerprint density at radius 1 is 0.757 bits per heavy atom. The number of fused-ring (bicyclic) bond motifs is 4. The molecule has 1 atom stereocenters. The van der Waals surface area contributed by atoms with Crippen LogP contribution in [0.1, 0.15) is 55.5 Å². The summed E-state index contributed by atoms with van der Waals surface area (Å²) in [4.78, 5) is 0. The van der Waals surface area contributed by atoms with E-state index in [2.05, 4.69) is 119 Å². The predicted molar refractivity (Wildman–Crippen MR) is 146 cm³/mol. The molecule has 2 aliphatic rings. The molecule has 4 aromatic rings. The maximum atomic E-state index is 2.47. The Morgan fingerprint density at radius 3 is 2.19 bits per heavy atom. The minimum Gasteiger partial charge on any atom is -1.00 e. The average Bonchev–Trinajstić information content (AvgIpc) is 3.40. The van der Waals surface area contributed by atoms with Crippen molar-refractivity contribution in [1.82, 2.24) is 0 Å². The van der Waals surface area contributed by atoms with Gasteiger partial charge in [0.2, 0.25) is 0 Å². The van der Waals surface area contributed by atoms with Gasteiger partial charge in [0.05, 0.1) is 0 Å². The fourth-order valence-electron chi connectivity index (χ4n) is 5.88. The van der Waals surface area contributed by atoms with Gasteiger partial charge in [-0.15, -0.1) is 0 Å². The summed E-state index contributed by atoms with van der Waals surface area (Å²) < 4.78 is 0. The van der Waals surface area contributed by atoms with Gasteiger partial charge in [-0.05, 0) is 79.1 Å². The Balaban J connectivity index is 0.00000127. The van der Waals surface area contributed by atoms with E-state index < -0.39 is 0 Å². The fourth-order valence-corrected chi connectivity index (χ4v) is 5.88. The van der Waals surface area contributed by atoms with E-state index in [9.17, 15) is 0 Å². The molecular formula is C34H32Cl2Zr. The first-order chi connectivity index (χ1) is 16.4. The number of rotatable bonds is 3. The Hall–Kier alpha value is -1.92. The topological polar surface area (TPSA) is 0 Å². The summed E-state index contributed by atoms with van der Waals surface area (Å²) in [6.07, 6.45) is 6.93. The number of benzene rings is 4. The molecule has 37 heavy (non-hydrogen) atoms. The van der Waals surface area contributed by atoms with Gasteiger partial charge >= 0.3 is 26.2 Å². The molecule has 0 aromatic heterocycles. The van der Waals surface area contributed by atoms with Crippen LogP contribution >= 0.6 is 0 Å². The van der Waals surface area contributed by atoms with E-state index in [4.69, 9.17) is 0 Å². The van der Waals surface area contributed by atoms with E-state index in [1.54, 1.807) is 0 Å². The minimum absolute atomic E-state index is 0. The second-order valence-electron chi connectivity index (χ2n) is 11.0. The van der Waals surface area contributed by atoms with Crippen molar-refractivity contribution < 1.29 is 51.0 Å². The molecule has 2 aliphatic carbocycles. The van der Waals surface area contributed by atoms with E-state index in [0.717, 1.165) is 12.8 Å². The monoisotopic (exact) mass is 600 g/mol. The van der Waals surface area contributed by atoms with Crippen LogP contribution in [-0.4, -0.2) is 0 Å². The van der Waals surface area contributed by atoms with Gasteiger partial charge in [0, 0.05) is 5.92 Å². The van der Waals surface area contributed by atoms with Crippen molar-refractivity contribution in [3.05, 3.63) is 124 Å². The molecule has 0 saturated carbocycles. The fraction of sp³-hybridized carbons (Fsp3) is 0.235. The number of hydrogen-bond donors (Lipinski definition) is 0. The maximum Gasteiger partial charge on any atom is 2.00 e. The van der Waals surface area contributed by atoms with Gasteiger partial charge in [0.15, 0.2) is 0 Å². The second-order valence-corrected chi connectivity index (χ2v) is 11.0. The van der Waals surface area contributed by atoms with Crippen LogP contribution in [0.25, 0.3) is 27.5 Å². The minimum atomic E-state index is 0. The third-order valence-electron chi connectivity index (χ3n) is 7.76. The predicted octanol–water partition coefficient (Wildman–Crippen LogP) is 3.01. The van der Waals surface area contributed by atoms with Gasteiger partial charge in [0.1, 0.15) is 0 Å². The Morgan fingerprint density at radius 2 is 1.43 bits per heavy atom. The van der Waals surface area contributed by atoms with Gasteiger partial charge in [-0.25, -0.2) is 0 Å². The van der Waals surface area contributed by atoms with E-state index in [1.807, 2.05) is 0 Å². The Kier molecular flexibility index (Phi) is 9.17. The zero-order chi connectivity index (χ0) is 23.4. The molecule has 4 aromatic carbocycles. The summed E-state index contributed by atoms with van der Waals surface area (Å²) in [6, 6.07) is 29.3. The zero-order valence-electron chi connectivity index (χ0n) is 21.9. The average molecular weight is 603 g/mol. The summed E-state index contributed by atoms with van der Waals surface area (Å²) in [5.41, 5.74) is 13.2. The van der Waals surface area contributed by atoms with Crippen LogP contribution in [0.3, 0.4) is 0 Å². The van der Waals surface area contributed by atoms with Gasteiger partial charge < -0.3 is 24.8 Å². The van der Waals surface area contributed by atoms with Crippen LogP contribution in [0.15, 0.2) is 96.6 Å². The van der Waals surface area contributed by atoms with Crippen molar-refractivity contribution in [1.29, 1.82) is 0 Å². The molecule has 186 valence electrons. The van der Waals surface area contributed by atoms with Crippen LogP contribution in [0, 0.1) is 11.3 Å². The molecule has 0 spiro atoms. The van der Waals surface area contributed by atoms with E-state index in [-0.39, 0.29) is 56.4 Å². The number of halogens is 2. The summed E-state index contributed by atoms with van der Waals surface area (Å²) in [5.74, 6) is 0.433. The van der Waals surface area contributed by atoms with Crippen molar-refractivity contribution in [2.75, 3.05) is 0 Å². The van der Waals surface area contributed by atoms with Crippen LogP contribution in [0.2, 0.25) is 0 Å². The third-order valence-corrected chi connectivity index (χ3v) is 7.76. The van der Waals surface area contributed by atoms with Gasteiger partial charge in [-0.1, -0.05) is 119 Å². The first kappa shape index (κ1) is 29.6. The summed E-state index contributed by atoms with van der Waals surface area (Å²) in [7, 11) is 0. The van der Waals surface area contributed by atoms with Crippen molar-refractivity contribution in [2.45, 2.75) is 40.5 Å². The molecule has 0 heterocycles. The van der Waals surface area contributed by atoms with E-state index in [1.165, 1.54) is 60.9 Å². The molecule has 6 rings (SSSR count). The summed E-state index contributed by atoms with van der Waals surface area (Å²) in [6.45, 7) is 9.32. The Bertz CT molecular complexity index is 1500. The molecule has 0 bridgehead atoms. The van der Waals surface area contributed by atoms with Crippen molar-refractivity contribution >= 4 is 16.3 Å². The van der Waals surface area contributed by atoms with Gasteiger partial charge in [-0.3, -0.25) is 0 Å². The third kappa shape index (κ3) is 5.34. The molecule has 1 unspecified atom stereocenters. The second kappa shape index (κ2) is 11.4. The molecule has 0 saturated heterocycles. The summed E-state index contributed by atoms with van der Waals surface area (Å²) in [5, 5.41) is 2.69. The van der Waals surface area contributed by atoms with Crippen LogP contribution in [-0.2, 0) is 39.0 Å². The summed E-state index contributed by atoms with van der Waals surface area (Å²) >= 11 is 0. The Labute approximate surface area is 253 Å². The van der Waals surface area contributed by atoms with Crippen molar-refractivity contribution in [2.24, 2.45) is 11.3 Å². The van der Waals surface area contributed by atoms with Crippen LogP contribution in [0.4, 0.5) is 0 Å². The van der Waals surface area contributed by atoms with Crippen molar-refractivity contribution in [3.63, 3.8) is 0 Å². The van der Waals surface area contributed by atoms with Crippen LogP contribution in [0.5, 0.6) is 0 Å². The first-order valence-corrected chi connectivity index (χ1v) is 12.5. The molecule has 0 fully saturated rings. The maximum absolute atomic E-state index is 2.47. The molecular weight excluding hydrogens is 571 g/mol. The molecule has 0 amide bonds. The number of allylic oxidation sites excluding steroid dienone is 4. The molecule has 3 heteroatoms. The normalized spacial score (nSPS) is 15.5. The quantitative estimate of drug-likeness (QED) is 0.298.